The summed E-state index contributed by atoms with van der Waals surface area (Å²) in [6.45, 7) is 3.86. The van der Waals surface area contributed by atoms with E-state index in [0.717, 1.165) is 16.8 Å². The Hall–Kier alpha value is -2.66. The molecular formula is C20H20N2O2S. The fourth-order valence-electron chi connectivity index (χ4n) is 2.61. The predicted molar refractivity (Wildman–Crippen MR) is 99.8 cm³/mol. The number of hydrogen-bond donors (Lipinski definition) is 0. The van der Waals surface area contributed by atoms with Gasteiger partial charge in [0.1, 0.15) is 5.25 Å². The van der Waals surface area contributed by atoms with Crippen LogP contribution in [0.15, 0.2) is 77.8 Å². The van der Waals surface area contributed by atoms with Gasteiger partial charge in [-0.3, -0.25) is 0 Å². The molecule has 3 rings (SSSR count). The van der Waals surface area contributed by atoms with Gasteiger partial charge in [0.05, 0.1) is 4.90 Å². The third-order valence-corrected chi connectivity index (χ3v) is 6.11. The van der Waals surface area contributed by atoms with Crippen molar-refractivity contribution in [1.29, 1.82) is 0 Å². The van der Waals surface area contributed by atoms with Crippen molar-refractivity contribution in [2.75, 3.05) is 0 Å². The van der Waals surface area contributed by atoms with Gasteiger partial charge in [0, 0.05) is 18.1 Å². The molecule has 25 heavy (non-hydrogen) atoms. The number of hydrogen-bond acceptors (Lipinski definition) is 3. The van der Waals surface area contributed by atoms with E-state index in [0.29, 0.717) is 4.90 Å². The maximum Gasteiger partial charge on any atom is 0.189 e. The van der Waals surface area contributed by atoms with E-state index in [2.05, 4.69) is 5.10 Å². The molecule has 0 aliphatic heterocycles. The molecule has 2 aromatic carbocycles. The molecule has 0 aliphatic rings. The Morgan fingerprint density at radius 3 is 2.24 bits per heavy atom. The van der Waals surface area contributed by atoms with Gasteiger partial charge in [0.2, 0.25) is 0 Å². The fraction of sp³-hybridized carbons (Fsp3) is 0.150. The summed E-state index contributed by atoms with van der Waals surface area (Å²) in [5, 5.41) is 3.41. The smallest absolute Gasteiger partial charge is 0.189 e. The molecule has 0 radical (unpaired) electrons. The molecule has 0 aliphatic carbocycles. The van der Waals surface area contributed by atoms with E-state index in [1.54, 1.807) is 35.3 Å². The van der Waals surface area contributed by atoms with E-state index in [1.165, 1.54) is 0 Å². The first-order valence-electron chi connectivity index (χ1n) is 8.02. The Morgan fingerprint density at radius 2 is 1.64 bits per heavy atom. The Kier molecular flexibility index (Phi) is 4.86. The number of benzene rings is 2. The van der Waals surface area contributed by atoms with Crippen LogP contribution in [-0.2, 0) is 9.84 Å². The monoisotopic (exact) mass is 352 g/mol. The molecule has 5 heteroatoms. The minimum atomic E-state index is -3.56. The molecule has 0 saturated carbocycles. The summed E-state index contributed by atoms with van der Waals surface area (Å²) in [7, 11) is -3.56. The Balaban J connectivity index is 2.06. The number of rotatable bonds is 5. The summed E-state index contributed by atoms with van der Waals surface area (Å²) in [4.78, 5) is 0.314. The van der Waals surface area contributed by atoms with Crippen molar-refractivity contribution in [3.05, 3.63) is 89.8 Å². The predicted octanol–water partition coefficient (Wildman–Crippen LogP) is 4.19. The van der Waals surface area contributed by atoms with Crippen LogP contribution in [0.3, 0.4) is 0 Å². The minimum Gasteiger partial charge on any atom is -0.246 e. The lowest BCUT2D eigenvalue weighted by Crippen LogP contribution is -2.12. The van der Waals surface area contributed by atoms with E-state index in [1.807, 2.05) is 62.4 Å². The van der Waals surface area contributed by atoms with Crippen LogP contribution in [0.25, 0.3) is 6.20 Å². The highest BCUT2D eigenvalue weighted by atomic mass is 32.2. The zero-order chi connectivity index (χ0) is 17.9. The van der Waals surface area contributed by atoms with Gasteiger partial charge in [0.25, 0.3) is 0 Å². The molecular weight excluding hydrogens is 332 g/mol. The van der Waals surface area contributed by atoms with Crippen LogP contribution < -0.4 is 0 Å². The van der Waals surface area contributed by atoms with Crippen LogP contribution in [0.1, 0.15) is 22.1 Å². The lowest BCUT2D eigenvalue weighted by Gasteiger charge is -2.15. The van der Waals surface area contributed by atoms with E-state index in [-0.39, 0.29) is 0 Å². The summed E-state index contributed by atoms with van der Waals surface area (Å²) >= 11 is 0. The summed E-state index contributed by atoms with van der Waals surface area (Å²) in [5.74, 6) is 0. The van der Waals surface area contributed by atoms with Crippen molar-refractivity contribution in [3.8, 4) is 0 Å². The third kappa shape index (κ3) is 3.72. The molecule has 3 aromatic rings. The van der Waals surface area contributed by atoms with Gasteiger partial charge in [-0.05, 0) is 43.7 Å². The second-order valence-electron chi connectivity index (χ2n) is 5.95. The molecule has 1 atom stereocenters. The second kappa shape index (κ2) is 7.07. The number of aryl methyl sites for hydroxylation is 2. The summed E-state index contributed by atoms with van der Waals surface area (Å²) in [5.41, 5.74) is 2.69. The molecule has 1 aromatic heterocycles. The van der Waals surface area contributed by atoms with E-state index >= 15 is 0 Å². The Bertz CT molecular complexity index is 972. The average molecular weight is 352 g/mol. The van der Waals surface area contributed by atoms with Crippen molar-refractivity contribution in [2.45, 2.75) is 24.0 Å². The van der Waals surface area contributed by atoms with Gasteiger partial charge in [-0.25, -0.2) is 13.1 Å². The highest BCUT2D eigenvalue weighted by Crippen LogP contribution is 2.30. The molecule has 4 nitrogen and oxygen atoms in total. The standard InChI is InChI=1S/C20H20N2O2S/c1-16-8-10-19(11-9-16)25(23,24)20(18-6-4-3-5-7-18)13-15-22-17(2)12-14-21-22/h3-15,20H,1-2H3/b15-13+. The van der Waals surface area contributed by atoms with Crippen LogP contribution in [-0.4, -0.2) is 18.2 Å². The summed E-state index contributed by atoms with van der Waals surface area (Å²) in [6, 6.07) is 18.1. The van der Waals surface area contributed by atoms with Gasteiger partial charge in [-0.1, -0.05) is 48.0 Å². The van der Waals surface area contributed by atoms with Crippen molar-refractivity contribution in [1.82, 2.24) is 9.78 Å². The Labute approximate surface area is 148 Å². The Morgan fingerprint density at radius 1 is 0.960 bits per heavy atom. The van der Waals surface area contributed by atoms with Crippen molar-refractivity contribution in [3.63, 3.8) is 0 Å². The summed E-state index contributed by atoms with van der Waals surface area (Å²) in [6.07, 6.45) is 5.08. The minimum absolute atomic E-state index is 0.314. The zero-order valence-electron chi connectivity index (χ0n) is 14.2. The third-order valence-electron chi connectivity index (χ3n) is 4.08. The average Bonchev–Trinajstić information content (AvgIpc) is 3.01. The maximum absolute atomic E-state index is 13.2. The first-order valence-corrected chi connectivity index (χ1v) is 9.57. The number of aromatic nitrogens is 2. The molecule has 0 spiro atoms. The van der Waals surface area contributed by atoms with Gasteiger partial charge in [0.15, 0.2) is 9.84 Å². The quantitative estimate of drug-likeness (QED) is 0.692. The number of sulfone groups is 1. The normalized spacial score (nSPS) is 13.2. The van der Waals surface area contributed by atoms with Crippen molar-refractivity contribution in [2.24, 2.45) is 0 Å². The first-order chi connectivity index (χ1) is 12.0. The van der Waals surface area contributed by atoms with Crippen molar-refractivity contribution >= 4 is 16.0 Å². The molecule has 0 fully saturated rings. The first kappa shape index (κ1) is 17.2. The van der Waals surface area contributed by atoms with Crippen LogP contribution in [0.5, 0.6) is 0 Å². The zero-order valence-corrected chi connectivity index (χ0v) is 15.0. The largest absolute Gasteiger partial charge is 0.246 e. The van der Waals surface area contributed by atoms with E-state index < -0.39 is 15.1 Å². The topological polar surface area (TPSA) is 52.0 Å². The van der Waals surface area contributed by atoms with Gasteiger partial charge < -0.3 is 0 Å². The van der Waals surface area contributed by atoms with Crippen LogP contribution in [0.2, 0.25) is 0 Å². The summed E-state index contributed by atoms with van der Waals surface area (Å²) < 4.78 is 28.1. The van der Waals surface area contributed by atoms with Crippen LogP contribution in [0, 0.1) is 13.8 Å². The van der Waals surface area contributed by atoms with E-state index in [9.17, 15) is 8.42 Å². The molecule has 1 unspecified atom stereocenters. The highest BCUT2D eigenvalue weighted by molar-refractivity contribution is 7.91. The SMILES string of the molecule is Cc1ccc(S(=O)(=O)C(/C=C/n2nccc2C)c2ccccc2)cc1. The molecule has 0 N–H and O–H groups in total. The molecule has 0 amide bonds. The fourth-order valence-corrected chi connectivity index (χ4v) is 4.21. The molecule has 0 saturated heterocycles. The second-order valence-corrected chi connectivity index (χ2v) is 8.02. The van der Waals surface area contributed by atoms with Gasteiger partial charge in [-0.15, -0.1) is 0 Å². The maximum atomic E-state index is 13.2. The van der Waals surface area contributed by atoms with Gasteiger partial charge in [-0.2, -0.15) is 5.10 Å². The lowest BCUT2D eigenvalue weighted by atomic mass is 10.1. The lowest BCUT2D eigenvalue weighted by molar-refractivity contribution is 0.590. The van der Waals surface area contributed by atoms with Gasteiger partial charge >= 0.3 is 0 Å². The van der Waals surface area contributed by atoms with Crippen LogP contribution >= 0.6 is 0 Å². The van der Waals surface area contributed by atoms with E-state index in [4.69, 9.17) is 0 Å². The molecule has 1 heterocycles. The van der Waals surface area contributed by atoms with Crippen molar-refractivity contribution < 1.29 is 8.42 Å². The van der Waals surface area contributed by atoms with Crippen LogP contribution in [0.4, 0.5) is 0 Å². The number of nitrogens with zero attached hydrogens (tertiary/aromatic N) is 2. The molecule has 128 valence electrons. The highest BCUT2D eigenvalue weighted by Gasteiger charge is 2.26. The molecule has 0 bridgehead atoms.